The number of amides is 1. The highest BCUT2D eigenvalue weighted by atomic mass is 79.9. The van der Waals surface area contributed by atoms with Crippen LogP contribution in [0.4, 0.5) is 5.82 Å². The Morgan fingerprint density at radius 1 is 0.872 bits per heavy atom. The summed E-state index contributed by atoms with van der Waals surface area (Å²) >= 11 is 3.48. The molecule has 8 heteroatoms. The molecule has 0 unspecified atom stereocenters. The molecule has 0 atom stereocenters. The molecule has 196 valence electrons. The van der Waals surface area contributed by atoms with Gasteiger partial charge in [0.05, 0.1) is 16.8 Å². The van der Waals surface area contributed by atoms with Crippen molar-refractivity contribution in [1.82, 2.24) is 24.6 Å². The van der Waals surface area contributed by atoms with E-state index in [2.05, 4.69) is 52.0 Å². The summed E-state index contributed by atoms with van der Waals surface area (Å²) in [6.45, 7) is 6.72. The second-order valence-corrected chi connectivity index (χ2v) is 10.9. The van der Waals surface area contributed by atoms with Gasteiger partial charge in [0, 0.05) is 42.6 Å². The van der Waals surface area contributed by atoms with E-state index in [9.17, 15) is 4.79 Å². The van der Waals surface area contributed by atoms with Crippen LogP contribution in [0.2, 0.25) is 0 Å². The monoisotopic (exact) mass is 580 g/mol. The van der Waals surface area contributed by atoms with Crippen LogP contribution in [0.3, 0.4) is 0 Å². The van der Waals surface area contributed by atoms with Crippen molar-refractivity contribution < 1.29 is 4.79 Å². The van der Waals surface area contributed by atoms with Crippen molar-refractivity contribution in [3.8, 4) is 5.69 Å². The fraction of sp³-hybridized carbons (Fsp3) is 0.226. The topological polar surface area (TPSA) is 67.2 Å². The maximum Gasteiger partial charge on any atom is 0.254 e. The molecule has 39 heavy (non-hydrogen) atoms. The van der Waals surface area contributed by atoms with Crippen LogP contribution in [0, 0.1) is 13.8 Å². The third-order valence-corrected chi connectivity index (χ3v) is 7.64. The normalized spacial score (nSPS) is 13.7. The molecule has 0 aliphatic carbocycles. The number of fused-ring (bicyclic) bond motifs is 1. The second kappa shape index (κ2) is 10.6. The van der Waals surface area contributed by atoms with Crippen LogP contribution in [0.1, 0.15) is 33.0 Å². The first-order chi connectivity index (χ1) is 19.0. The van der Waals surface area contributed by atoms with Crippen molar-refractivity contribution >= 4 is 38.7 Å². The van der Waals surface area contributed by atoms with E-state index in [0.717, 1.165) is 44.1 Å². The molecule has 1 saturated heterocycles. The Bertz CT molecular complexity index is 1640. The average molecular weight is 582 g/mol. The number of rotatable bonds is 5. The Hall–Kier alpha value is -4.04. The number of benzene rings is 3. The summed E-state index contributed by atoms with van der Waals surface area (Å²) < 4.78 is 2.82. The van der Waals surface area contributed by atoms with Gasteiger partial charge in [0.15, 0.2) is 5.65 Å². The zero-order valence-electron chi connectivity index (χ0n) is 22.0. The number of piperazine rings is 1. The van der Waals surface area contributed by atoms with Gasteiger partial charge in [0.2, 0.25) is 0 Å². The minimum absolute atomic E-state index is 0.0527. The molecule has 1 aliphatic rings. The van der Waals surface area contributed by atoms with Gasteiger partial charge in [0.1, 0.15) is 11.6 Å². The largest absolute Gasteiger partial charge is 0.352 e. The molecule has 1 fully saturated rings. The van der Waals surface area contributed by atoms with Crippen LogP contribution in [-0.4, -0.2) is 56.7 Å². The number of para-hydroxylation sites is 1. The number of aryl methyl sites for hydroxylation is 2. The van der Waals surface area contributed by atoms with Crippen LogP contribution in [0.5, 0.6) is 0 Å². The molecule has 6 rings (SSSR count). The van der Waals surface area contributed by atoms with Gasteiger partial charge in [-0.2, -0.15) is 5.10 Å². The van der Waals surface area contributed by atoms with Crippen LogP contribution in [-0.2, 0) is 6.42 Å². The Kier molecular flexibility index (Phi) is 6.87. The highest BCUT2D eigenvalue weighted by Gasteiger charge is 2.27. The Morgan fingerprint density at radius 3 is 2.33 bits per heavy atom. The van der Waals surface area contributed by atoms with Crippen LogP contribution >= 0.6 is 15.9 Å². The predicted octanol–water partition coefficient (Wildman–Crippen LogP) is 5.75. The first-order valence-electron chi connectivity index (χ1n) is 13.1. The highest BCUT2D eigenvalue weighted by Crippen LogP contribution is 2.30. The van der Waals surface area contributed by atoms with E-state index in [1.54, 1.807) is 0 Å². The number of hydrogen-bond acceptors (Lipinski definition) is 5. The lowest BCUT2D eigenvalue weighted by Crippen LogP contribution is -2.49. The van der Waals surface area contributed by atoms with Crippen molar-refractivity contribution in [2.75, 3.05) is 31.1 Å². The number of carbonyl (C=O) groups excluding carboxylic acids is 1. The minimum Gasteiger partial charge on any atom is -0.352 e. The smallest absolute Gasteiger partial charge is 0.254 e. The molecule has 0 radical (unpaired) electrons. The molecule has 5 aromatic rings. The number of hydrogen-bond donors (Lipinski definition) is 0. The van der Waals surface area contributed by atoms with Crippen molar-refractivity contribution in [3.63, 3.8) is 0 Å². The molecule has 0 bridgehead atoms. The molecule has 0 spiro atoms. The molecular weight excluding hydrogens is 552 g/mol. The van der Waals surface area contributed by atoms with Crippen LogP contribution < -0.4 is 4.90 Å². The van der Waals surface area contributed by atoms with Crippen LogP contribution in [0.15, 0.2) is 83.3 Å². The second-order valence-electron chi connectivity index (χ2n) is 9.95. The third-order valence-electron chi connectivity index (χ3n) is 7.15. The fourth-order valence-corrected chi connectivity index (χ4v) is 5.48. The first kappa shape index (κ1) is 25.2. The number of anilines is 1. The molecule has 2 aromatic heterocycles. The lowest BCUT2D eigenvalue weighted by molar-refractivity contribution is 0.0746. The summed E-state index contributed by atoms with van der Waals surface area (Å²) in [4.78, 5) is 27.5. The molecule has 0 saturated carbocycles. The van der Waals surface area contributed by atoms with Gasteiger partial charge in [-0.1, -0.05) is 70.0 Å². The van der Waals surface area contributed by atoms with Gasteiger partial charge in [-0.05, 0) is 49.7 Å². The maximum absolute atomic E-state index is 13.2. The zero-order valence-corrected chi connectivity index (χ0v) is 23.6. The number of carbonyl (C=O) groups is 1. The van der Waals surface area contributed by atoms with E-state index in [1.807, 2.05) is 71.1 Å². The summed E-state index contributed by atoms with van der Waals surface area (Å²) in [5.41, 5.74) is 5.74. The third kappa shape index (κ3) is 5.16. The summed E-state index contributed by atoms with van der Waals surface area (Å²) in [6, 6.07) is 26.2. The number of nitrogens with zero attached hydrogens (tertiary/aromatic N) is 6. The van der Waals surface area contributed by atoms with Gasteiger partial charge in [-0.25, -0.2) is 14.6 Å². The van der Waals surface area contributed by atoms with Crippen molar-refractivity contribution in [2.45, 2.75) is 20.3 Å². The average Bonchev–Trinajstić information content (AvgIpc) is 3.30. The van der Waals surface area contributed by atoms with Crippen molar-refractivity contribution in [1.29, 1.82) is 0 Å². The van der Waals surface area contributed by atoms with E-state index < -0.39 is 0 Å². The van der Waals surface area contributed by atoms with Crippen LogP contribution in [0.25, 0.3) is 16.7 Å². The number of aromatic nitrogens is 4. The molecule has 3 heterocycles. The molecule has 1 aliphatic heterocycles. The summed E-state index contributed by atoms with van der Waals surface area (Å²) in [5, 5.41) is 5.84. The first-order valence-corrected chi connectivity index (χ1v) is 13.9. The summed E-state index contributed by atoms with van der Waals surface area (Å²) in [6.07, 6.45) is 0.629. The lowest BCUT2D eigenvalue weighted by Gasteiger charge is -2.36. The fourth-order valence-electron chi connectivity index (χ4n) is 5.08. The lowest BCUT2D eigenvalue weighted by atomic mass is 10.1. The molecule has 3 aromatic carbocycles. The molecular formula is C31H29BrN6O. The quantitative estimate of drug-likeness (QED) is 0.265. The van der Waals surface area contributed by atoms with E-state index in [4.69, 9.17) is 15.1 Å². The van der Waals surface area contributed by atoms with E-state index in [-0.39, 0.29) is 5.91 Å². The van der Waals surface area contributed by atoms with Gasteiger partial charge >= 0.3 is 0 Å². The molecule has 1 amide bonds. The van der Waals surface area contributed by atoms with E-state index in [1.165, 1.54) is 5.56 Å². The van der Waals surface area contributed by atoms with E-state index in [0.29, 0.717) is 38.2 Å². The van der Waals surface area contributed by atoms with Gasteiger partial charge < -0.3 is 9.80 Å². The standard InChI is InChI=1S/C31H29BrN6O/c1-21-11-13-23(14-12-21)19-27-33-29(28-22(2)35-38(30(28)34-27)26-9-4-3-5-10-26)36-15-17-37(18-16-36)31(39)24-7-6-8-25(32)20-24/h3-14,20H,15-19H2,1-2H3. The molecule has 0 N–H and O–H groups in total. The zero-order chi connectivity index (χ0) is 26.9. The van der Waals surface area contributed by atoms with E-state index >= 15 is 0 Å². The van der Waals surface area contributed by atoms with Gasteiger partial charge in [-0.3, -0.25) is 4.79 Å². The van der Waals surface area contributed by atoms with Gasteiger partial charge in [-0.15, -0.1) is 0 Å². The SMILES string of the molecule is Cc1ccc(Cc2nc(N3CCN(C(=O)c4cccc(Br)c4)CC3)c3c(C)nn(-c4ccccc4)c3n2)cc1. The number of halogens is 1. The highest BCUT2D eigenvalue weighted by molar-refractivity contribution is 9.10. The van der Waals surface area contributed by atoms with Crippen molar-refractivity contribution in [2.24, 2.45) is 0 Å². The summed E-state index contributed by atoms with van der Waals surface area (Å²) in [5.74, 6) is 1.69. The molecule has 7 nitrogen and oxygen atoms in total. The Morgan fingerprint density at radius 2 is 1.62 bits per heavy atom. The summed E-state index contributed by atoms with van der Waals surface area (Å²) in [7, 11) is 0. The van der Waals surface area contributed by atoms with Crippen molar-refractivity contribution in [3.05, 3.63) is 112 Å². The minimum atomic E-state index is 0.0527. The van der Waals surface area contributed by atoms with Gasteiger partial charge in [0.25, 0.3) is 5.91 Å². The Balaban J connectivity index is 1.36. The predicted molar refractivity (Wildman–Crippen MR) is 158 cm³/mol. The maximum atomic E-state index is 13.2. The Labute approximate surface area is 236 Å².